The van der Waals surface area contributed by atoms with Crippen molar-refractivity contribution in [1.29, 1.82) is 0 Å². The third kappa shape index (κ3) is 3.67. The second-order valence-electron chi connectivity index (χ2n) is 5.82. The van der Waals surface area contributed by atoms with Gasteiger partial charge in [-0.3, -0.25) is 0 Å². The van der Waals surface area contributed by atoms with E-state index in [-0.39, 0.29) is 0 Å². The van der Waals surface area contributed by atoms with Gasteiger partial charge in [-0.15, -0.1) is 0 Å². The van der Waals surface area contributed by atoms with E-state index in [1.807, 2.05) is 0 Å². The minimum atomic E-state index is 0.535. The van der Waals surface area contributed by atoms with Crippen LogP contribution in [-0.2, 0) is 4.74 Å². The maximum absolute atomic E-state index is 5.60. The molecule has 0 unspecified atom stereocenters. The predicted octanol–water partition coefficient (Wildman–Crippen LogP) is 2.02. The molecule has 2 fully saturated rings. The van der Waals surface area contributed by atoms with E-state index >= 15 is 0 Å². The fourth-order valence-electron chi connectivity index (χ4n) is 2.99. The molecular weight excluding hydrogens is 212 g/mol. The van der Waals surface area contributed by atoms with Gasteiger partial charge >= 0.3 is 0 Å². The molecule has 0 spiro atoms. The number of nitrogens with zero attached hydrogens (tertiary/aromatic N) is 1. The first-order valence-electron chi connectivity index (χ1n) is 7.30. The topological polar surface area (TPSA) is 24.5 Å². The first-order chi connectivity index (χ1) is 8.19. The van der Waals surface area contributed by atoms with Crippen LogP contribution in [0.25, 0.3) is 0 Å². The van der Waals surface area contributed by atoms with E-state index < -0.39 is 0 Å². The lowest BCUT2D eigenvalue weighted by Gasteiger charge is -2.41. The van der Waals surface area contributed by atoms with Gasteiger partial charge in [0.2, 0.25) is 0 Å². The summed E-state index contributed by atoms with van der Waals surface area (Å²) in [5, 5.41) is 3.80. The van der Waals surface area contributed by atoms with Crippen LogP contribution in [0, 0.1) is 0 Å². The van der Waals surface area contributed by atoms with Crippen LogP contribution in [0.1, 0.15) is 46.5 Å². The quantitative estimate of drug-likeness (QED) is 0.795. The van der Waals surface area contributed by atoms with Crippen molar-refractivity contribution in [3.05, 3.63) is 0 Å². The Labute approximate surface area is 106 Å². The minimum absolute atomic E-state index is 0.535. The molecule has 0 amide bonds. The summed E-state index contributed by atoms with van der Waals surface area (Å²) in [5.74, 6) is 0. The van der Waals surface area contributed by atoms with E-state index in [1.54, 1.807) is 0 Å². The first-order valence-corrected chi connectivity index (χ1v) is 7.30. The fourth-order valence-corrected chi connectivity index (χ4v) is 2.99. The highest BCUT2D eigenvalue weighted by Gasteiger charge is 2.32. The van der Waals surface area contributed by atoms with Crippen molar-refractivity contribution in [3.63, 3.8) is 0 Å². The van der Waals surface area contributed by atoms with Gasteiger partial charge in [-0.1, -0.05) is 0 Å². The molecule has 0 bridgehead atoms. The molecule has 1 N–H and O–H groups in total. The molecule has 0 aromatic heterocycles. The van der Waals surface area contributed by atoms with Gasteiger partial charge in [0.15, 0.2) is 0 Å². The molecule has 3 nitrogen and oxygen atoms in total. The summed E-state index contributed by atoms with van der Waals surface area (Å²) in [5.41, 5.74) is 0. The average Bonchev–Trinajstić information content (AvgIpc) is 2.27. The van der Waals surface area contributed by atoms with E-state index in [2.05, 4.69) is 31.0 Å². The number of hydrogen-bond donors (Lipinski definition) is 1. The zero-order valence-corrected chi connectivity index (χ0v) is 11.6. The number of piperidine rings is 1. The minimum Gasteiger partial charge on any atom is -0.378 e. The zero-order valence-electron chi connectivity index (χ0n) is 11.6. The third-order valence-corrected chi connectivity index (χ3v) is 4.23. The molecule has 2 rings (SSSR count). The number of rotatable bonds is 5. The van der Waals surface area contributed by atoms with Crippen molar-refractivity contribution < 1.29 is 4.74 Å². The lowest BCUT2D eigenvalue weighted by Crippen LogP contribution is -2.53. The van der Waals surface area contributed by atoms with E-state index in [4.69, 9.17) is 4.74 Å². The highest BCUT2D eigenvalue weighted by molar-refractivity contribution is 4.90. The molecular formula is C14H28N2O. The molecule has 1 heterocycles. The maximum Gasteiger partial charge on any atom is 0.0604 e. The molecule has 1 aliphatic heterocycles. The summed E-state index contributed by atoms with van der Waals surface area (Å²) in [6.45, 7) is 10.1. The lowest BCUT2D eigenvalue weighted by atomic mass is 9.87. The van der Waals surface area contributed by atoms with Gasteiger partial charge in [-0.25, -0.2) is 0 Å². The van der Waals surface area contributed by atoms with E-state index in [0.717, 1.165) is 18.7 Å². The molecule has 17 heavy (non-hydrogen) atoms. The molecule has 0 radical (unpaired) electrons. The smallest absolute Gasteiger partial charge is 0.0604 e. The molecule has 1 saturated carbocycles. The largest absolute Gasteiger partial charge is 0.378 e. The van der Waals surface area contributed by atoms with Crippen LogP contribution in [0.5, 0.6) is 0 Å². The van der Waals surface area contributed by atoms with Gasteiger partial charge in [0, 0.05) is 24.7 Å². The summed E-state index contributed by atoms with van der Waals surface area (Å²) in [6, 6.07) is 2.18. The Morgan fingerprint density at radius 3 is 2.35 bits per heavy atom. The van der Waals surface area contributed by atoms with Crippen molar-refractivity contribution in [1.82, 2.24) is 10.2 Å². The Bertz CT molecular complexity index is 218. The maximum atomic E-state index is 5.60. The standard InChI is InChI=1S/C14H28N2O/c1-4-17-14-9-13(10-14)15-12-5-7-16(8-6-12)11(2)3/h11-15H,4-10H2,1-3H3. The Hall–Kier alpha value is -0.120. The number of ether oxygens (including phenoxy) is 1. The molecule has 100 valence electrons. The Kier molecular flexibility index (Phi) is 4.83. The van der Waals surface area contributed by atoms with Gasteiger partial charge in [0.25, 0.3) is 0 Å². The monoisotopic (exact) mass is 240 g/mol. The molecule has 0 atom stereocenters. The van der Waals surface area contributed by atoms with Gasteiger partial charge in [0.05, 0.1) is 6.10 Å². The normalized spacial score (nSPS) is 31.8. The summed E-state index contributed by atoms with van der Waals surface area (Å²) < 4.78 is 5.60. The Morgan fingerprint density at radius 2 is 1.82 bits per heavy atom. The van der Waals surface area contributed by atoms with Crippen LogP contribution in [-0.4, -0.2) is 48.8 Å². The van der Waals surface area contributed by atoms with Crippen molar-refractivity contribution in [2.75, 3.05) is 19.7 Å². The highest BCUT2D eigenvalue weighted by atomic mass is 16.5. The molecule has 0 aromatic carbocycles. The summed E-state index contributed by atoms with van der Waals surface area (Å²) in [6.07, 6.45) is 5.60. The van der Waals surface area contributed by atoms with Crippen molar-refractivity contribution in [2.45, 2.75) is 70.7 Å². The molecule has 1 saturated heterocycles. The predicted molar refractivity (Wildman–Crippen MR) is 71.3 cm³/mol. The van der Waals surface area contributed by atoms with E-state index in [9.17, 15) is 0 Å². The van der Waals surface area contributed by atoms with Crippen LogP contribution in [0.3, 0.4) is 0 Å². The fraction of sp³-hybridized carbons (Fsp3) is 1.00. The van der Waals surface area contributed by atoms with Crippen LogP contribution in [0.15, 0.2) is 0 Å². The van der Waals surface area contributed by atoms with Crippen molar-refractivity contribution >= 4 is 0 Å². The second-order valence-corrected chi connectivity index (χ2v) is 5.82. The highest BCUT2D eigenvalue weighted by Crippen LogP contribution is 2.25. The first kappa shape index (κ1) is 13.3. The zero-order chi connectivity index (χ0) is 12.3. The summed E-state index contributed by atoms with van der Waals surface area (Å²) >= 11 is 0. The van der Waals surface area contributed by atoms with Gasteiger partial charge in [-0.2, -0.15) is 0 Å². The summed E-state index contributed by atoms with van der Waals surface area (Å²) in [7, 11) is 0. The van der Waals surface area contributed by atoms with Crippen molar-refractivity contribution in [3.8, 4) is 0 Å². The van der Waals surface area contributed by atoms with Crippen LogP contribution in [0.4, 0.5) is 0 Å². The Morgan fingerprint density at radius 1 is 1.18 bits per heavy atom. The average molecular weight is 240 g/mol. The SMILES string of the molecule is CCOC1CC(NC2CCN(C(C)C)CC2)C1. The Balaban J connectivity index is 1.60. The molecule has 2 aliphatic rings. The molecule has 3 heteroatoms. The number of nitrogens with one attached hydrogen (secondary N) is 1. The van der Waals surface area contributed by atoms with Gasteiger partial charge < -0.3 is 15.0 Å². The molecule has 1 aliphatic carbocycles. The van der Waals surface area contributed by atoms with E-state index in [0.29, 0.717) is 12.1 Å². The number of hydrogen-bond acceptors (Lipinski definition) is 3. The molecule has 0 aromatic rings. The van der Waals surface area contributed by atoms with E-state index in [1.165, 1.54) is 38.8 Å². The third-order valence-electron chi connectivity index (χ3n) is 4.23. The van der Waals surface area contributed by atoms with Crippen molar-refractivity contribution in [2.24, 2.45) is 0 Å². The van der Waals surface area contributed by atoms with Crippen LogP contribution < -0.4 is 5.32 Å². The van der Waals surface area contributed by atoms with Gasteiger partial charge in [0.1, 0.15) is 0 Å². The summed E-state index contributed by atoms with van der Waals surface area (Å²) in [4.78, 5) is 2.59. The second kappa shape index (κ2) is 6.17. The van der Waals surface area contributed by atoms with Gasteiger partial charge in [-0.05, 0) is 59.5 Å². The number of likely N-dealkylation sites (tertiary alicyclic amines) is 1. The van der Waals surface area contributed by atoms with Crippen LogP contribution in [0.2, 0.25) is 0 Å². The van der Waals surface area contributed by atoms with Crippen LogP contribution >= 0.6 is 0 Å². The lowest BCUT2D eigenvalue weighted by molar-refractivity contribution is -0.0146.